The molecule has 140 valence electrons. The van der Waals surface area contributed by atoms with E-state index in [-0.39, 0.29) is 520 Å². The van der Waals surface area contributed by atoms with Gasteiger partial charge < -0.3 is 0 Å². The van der Waals surface area contributed by atoms with E-state index in [2.05, 4.69) is 0 Å². The monoisotopic (exact) mass is 1430 g/mol. The van der Waals surface area contributed by atoms with Gasteiger partial charge in [0.15, 0.2) is 0 Å². The Labute approximate surface area is 506 Å². The average molecular weight is 1430 g/mol. The third-order valence-corrected chi connectivity index (χ3v) is 0. The summed E-state index contributed by atoms with van der Waals surface area (Å²) in [5.74, 6) is 0. The molecule has 0 aromatic heterocycles. The van der Waals surface area contributed by atoms with Gasteiger partial charge >= 0.3 is 0 Å². The fourth-order valence-corrected chi connectivity index (χ4v) is 0. The van der Waals surface area contributed by atoms with E-state index in [1.807, 2.05) is 0 Å². The molecule has 0 aliphatic heterocycles. The van der Waals surface area contributed by atoms with Crippen LogP contribution in [0.25, 0.3) is 0 Å². The van der Waals surface area contributed by atoms with Crippen molar-refractivity contribution in [2.24, 2.45) is 0 Å². The minimum absolute atomic E-state index is 0. The summed E-state index contributed by atoms with van der Waals surface area (Å²) in [4.78, 5) is 0. The van der Waals surface area contributed by atoms with Gasteiger partial charge in [0.2, 0.25) is 0 Å². The van der Waals surface area contributed by atoms with Gasteiger partial charge in [-0.25, -0.2) is 0 Å². The number of hydrogen-bond acceptors (Lipinski definition) is 0. The fraction of sp³-hybridized carbons (Fsp3) is 0. The van der Waals surface area contributed by atoms with Gasteiger partial charge in [0.25, 0.3) is 0 Å². The van der Waals surface area contributed by atoms with Gasteiger partial charge in [0.05, 0.1) is 0 Å². The Morgan fingerprint density at radius 1 is 0.0357 bits per heavy atom. The van der Waals surface area contributed by atoms with Gasteiger partial charge in [0.1, 0.15) is 0 Å². The zero-order valence-electron chi connectivity index (χ0n) is 12.5. The van der Waals surface area contributed by atoms with Crippen molar-refractivity contribution in [1.82, 2.24) is 0 Å². The Hall–Kier alpha value is 16.4. The first-order valence-corrected chi connectivity index (χ1v) is 0. The molecule has 0 spiro atoms. The van der Waals surface area contributed by atoms with Crippen LogP contribution >= 0.6 is 0 Å². The maximum atomic E-state index is 0. The SMILES string of the molecule is [V].[V].[V].[V].[V].[V].[V].[V].[V].[V].[V].[V].[V].[V].[V].[V].[V].[V].[V].[V].[V].[V].[V].[V].[V].[V].[V].[V]. The van der Waals surface area contributed by atoms with Crippen LogP contribution < -0.4 is 0 Å². The van der Waals surface area contributed by atoms with Gasteiger partial charge in [-0.05, 0) is 0 Å². The van der Waals surface area contributed by atoms with E-state index in [9.17, 15) is 0 Å². The smallest absolute Gasteiger partial charge is 0 e. The van der Waals surface area contributed by atoms with Crippen molar-refractivity contribution in [3.05, 3.63) is 0 Å². The first kappa shape index (κ1) is 312. The largest absolute Gasteiger partial charge is 0 e. The quantitative estimate of drug-likeness (QED) is 0.320. The van der Waals surface area contributed by atoms with Crippen LogP contribution in [0.2, 0.25) is 0 Å². The molecule has 0 saturated carbocycles. The zero-order valence-corrected chi connectivity index (χ0v) is 51.6. The molecule has 0 rings (SSSR count). The van der Waals surface area contributed by atoms with Crippen molar-refractivity contribution in [2.45, 2.75) is 0 Å². The molecule has 0 amide bonds. The second kappa shape index (κ2) is 291. The maximum absolute atomic E-state index is 0. The van der Waals surface area contributed by atoms with Crippen LogP contribution in [0.3, 0.4) is 0 Å². The van der Waals surface area contributed by atoms with Crippen LogP contribution in [0.5, 0.6) is 0 Å². The fourth-order valence-electron chi connectivity index (χ4n) is 0. The van der Waals surface area contributed by atoms with Crippen molar-refractivity contribution in [1.29, 1.82) is 0 Å². The summed E-state index contributed by atoms with van der Waals surface area (Å²) in [5.41, 5.74) is 0. The Morgan fingerprint density at radius 3 is 0.0357 bits per heavy atom. The summed E-state index contributed by atoms with van der Waals surface area (Å²) in [6.45, 7) is 0. The molecule has 0 N–H and O–H groups in total. The molecule has 28 heavy (non-hydrogen) atoms. The van der Waals surface area contributed by atoms with Crippen LogP contribution in [-0.2, 0) is 520 Å². The summed E-state index contributed by atoms with van der Waals surface area (Å²) >= 11 is 0. The zero-order chi connectivity index (χ0) is 0. The third kappa shape index (κ3) is 271. The summed E-state index contributed by atoms with van der Waals surface area (Å²) in [6, 6.07) is 0. The van der Waals surface area contributed by atoms with Crippen LogP contribution in [0.1, 0.15) is 0 Å². The molecule has 0 aromatic carbocycles. The normalized spacial score (nSPS) is 0. The van der Waals surface area contributed by atoms with E-state index in [1.54, 1.807) is 0 Å². The first-order chi connectivity index (χ1) is 0. The molecule has 0 heterocycles. The van der Waals surface area contributed by atoms with Crippen molar-refractivity contribution >= 4 is 0 Å². The van der Waals surface area contributed by atoms with Crippen LogP contribution in [0, 0.1) is 0 Å². The van der Waals surface area contributed by atoms with Crippen molar-refractivity contribution in [2.75, 3.05) is 0 Å². The number of hydrogen-bond donors (Lipinski definition) is 0. The average Bonchev–Trinajstić information content (AvgIpc) is 0. The Kier molecular flexibility index (Phi) is 3230. The standard InChI is InChI=1S/28V. The Morgan fingerprint density at radius 2 is 0.0357 bits per heavy atom. The molecule has 28 heteroatoms. The Bertz CT molecular complexity index is 0. The van der Waals surface area contributed by atoms with E-state index < -0.39 is 0 Å². The topological polar surface area (TPSA) is 0 Å². The molecule has 0 aliphatic rings. The molecular formula is V28. The minimum Gasteiger partial charge on any atom is 0 e. The molecule has 0 aromatic rings. The van der Waals surface area contributed by atoms with Gasteiger partial charge in [0, 0.05) is 520 Å². The van der Waals surface area contributed by atoms with Crippen molar-refractivity contribution in [3.63, 3.8) is 0 Å². The summed E-state index contributed by atoms with van der Waals surface area (Å²) in [5, 5.41) is 0. The van der Waals surface area contributed by atoms with E-state index in [0.717, 1.165) is 0 Å². The Balaban J connectivity index is 0. The van der Waals surface area contributed by atoms with Crippen LogP contribution in [0.4, 0.5) is 0 Å². The molecule has 0 saturated heterocycles. The first-order valence-electron chi connectivity index (χ1n) is 0. The number of rotatable bonds is 0. The van der Waals surface area contributed by atoms with E-state index >= 15 is 0 Å². The molecule has 0 bridgehead atoms. The second-order valence-corrected chi connectivity index (χ2v) is 0. The van der Waals surface area contributed by atoms with E-state index in [0.29, 0.717) is 0 Å². The van der Waals surface area contributed by atoms with Gasteiger partial charge in [-0.15, -0.1) is 0 Å². The molecular weight excluding hydrogens is 1430 g/mol. The van der Waals surface area contributed by atoms with Crippen LogP contribution in [-0.4, -0.2) is 0 Å². The van der Waals surface area contributed by atoms with Crippen molar-refractivity contribution < 1.29 is 520 Å². The van der Waals surface area contributed by atoms with E-state index in [1.165, 1.54) is 0 Å². The molecule has 0 unspecified atom stereocenters. The second-order valence-electron chi connectivity index (χ2n) is 0. The van der Waals surface area contributed by atoms with Crippen molar-refractivity contribution in [3.8, 4) is 0 Å². The summed E-state index contributed by atoms with van der Waals surface area (Å²) < 4.78 is 0. The third-order valence-electron chi connectivity index (χ3n) is 0. The molecule has 0 nitrogen and oxygen atoms in total. The predicted molar refractivity (Wildman–Crippen MR) is 0 cm³/mol. The van der Waals surface area contributed by atoms with Gasteiger partial charge in [-0.1, -0.05) is 0 Å². The maximum Gasteiger partial charge on any atom is 0 e. The molecule has 0 aliphatic carbocycles. The molecule has 0 fully saturated rings. The summed E-state index contributed by atoms with van der Waals surface area (Å²) in [7, 11) is 0. The molecule has 28 radical (unpaired) electrons. The van der Waals surface area contributed by atoms with Gasteiger partial charge in [-0.3, -0.25) is 0 Å². The summed E-state index contributed by atoms with van der Waals surface area (Å²) in [6.07, 6.45) is 0. The minimum atomic E-state index is 0. The van der Waals surface area contributed by atoms with Crippen LogP contribution in [0.15, 0.2) is 0 Å². The predicted octanol–water partition coefficient (Wildman–Crippen LogP) is -0.0700. The van der Waals surface area contributed by atoms with E-state index in [4.69, 9.17) is 0 Å². The molecule has 0 atom stereocenters. The van der Waals surface area contributed by atoms with Gasteiger partial charge in [-0.2, -0.15) is 0 Å².